The number of hydrogen-bond donors (Lipinski definition) is 1. The normalized spacial score (nSPS) is 10.6. The number of carbonyl (C=O) groups is 1. The van der Waals surface area contributed by atoms with Crippen molar-refractivity contribution < 1.29 is 14.3 Å². The van der Waals surface area contributed by atoms with Gasteiger partial charge < -0.3 is 19.4 Å². The van der Waals surface area contributed by atoms with Gasteiger partial charge in [-0.2, -0.15) is 0 Å². The van der Waals surface area contributed by atoms with E-state index in [1.54, 1.807) is 37.6 Å². The minimum Gasteiger partial charge on any atom is -0.497 e. The number of rotatable bonds is 7. The summed E-state index contributed by atoms with van der Waals surface area (Å²) in [6.07, 6.45) is 4.58. The van der Waals surface area contributed by atoms with E-state index in [-0.39, 0.29) is 12.5 Å². The monoisotopic (exact) mass is 339 g/mol. The van der Waals surface area contributed by atoms with E-state index in [2.05, 4.69) is 16.5 Å². The molecule has 3 rings (SSSR count). The van der Waals surface area contributed by atoms with Crippen molar-refractivity contribution in [1.29, 1.82) is 0 Å². The molecule has 0 bridgehead atoms. The van der Waals surface area contributed by atoms with E-state index in [0.29, 0.717) is 12.3 Å². The summed E-state index contributed by atoms with van der Waals surface area (Å²) in [4.78, 5) is 16.3. The molecule has 0 aliphatic carbocycles. The van der Waals surface area contributed by atoms with Gasteiger partial charge in [0.2, 0.25) is 0 Å². The van der Waals surface area contributed by atoms with Crippen molar-refractivity contribution >= 4 is 16.9 Å². The van der Waals surface area contributed by atoms with Gasteiger partial charge >= 0.3 is 0 Å². The minimum absolute atomic E-state index is 0.0105. The first-order valence-electron chi connectivity index (χ1n) is 8.10. The SMILES string of the molecule is COc1ccc(OCC(=O)NCCc2cn(C)c3ncccc23)cc1. The second-order valence-electron chi connectivity index (χ2n) is 5.70. The van der Waals surface area contributed by atoms with Crippen LogP contribution in [0.25, 0.3) is 11.0 Å². The Bertz CT molecular complexity index is 856. The van der Waals surface area contributed by atoms with Gasteiger partial charge in [-0.3, -0.25) is 4.79 Å². The van der Waals surface area contributed by atoms with Crippen molar-refractivity contribution in [3.8, 4) is 11.5 Å². The Morgan fingerprint density at radius 2 is 1.96 bits per heavy atom. The van der Waals surface area contributed by atoms with Crippen LogP contribution < -0.4 is 14.8 Å². The lowest BCUT2D eigenvalue weighted by Crippen LogP contribution is -2.30. The summed E-state index contributed by atoms with van der Waals surface area (Å²) in [5.74, 6) is 1.24. The van der Waals surface area contributed by atoms with E-state index in [1.165, 1.54) is 5.56 Å². The number of carbonyl (C=O) groups excluding carboxylic acids is 1. The van der Waals surface area contributed by atoms with Crippen molar-refractivity contribution in [2.45, 2.75) is 6.42 Å². The van der Waals surface area contributed by atoms with Gasteiger partial charge in [0.05, 0.1) is 7.11 Å². The molecule has 6 nitrogen and oxygen atoms in total. The summed E-state index contributed by atoms with van der Waals surface area (Å²) in [7, 11) is 3.58. The molecule has 0 atom stereocenters. The van der Waals surface area contributed by atoms with Crippen molar-refractivity contribution in [3.63, 3.8) is 0 Å². The predicted molar refractivity (Wildman–Crippen MR) is 95.9 cm³/mol. The van der Waals surface area contributed by atoms with Gasteiger partial charge in [-0.15, -0.1) is 0 Å². The van der Waals surface area contributed by atoms with Gasteiger partial charge in [0.15, 0.2) is 6.61 Å². The third-order valence-electron chi connectivity index (χ3n) is 3.96. The summed E-state index contributed by atoms with van der Waals surface area (Å²) in [6.45, 7) is 0.544. The molecule has 0 spiro atoms. The van der Waals surface area contributed by atoms with Crippen molar-refractivity contribution in [2.75, 3.05) is 20.3 Å². The second-order valence-corrected chi connectivity index (χ2v) is 5.70. The van der Waals surface area contributed by atoms with Crippen LogP contribution in [-0.4, -0.2) is 35.7 Å². The highest BCUT2D eigenvalue weighted by Gasteiger charge is 2.08. The largest absolute Gasteiger partial charge is 0.497 e. The molecule has 130 valence electrons. The highest BCUT2D eigenvalue weighted by Crippen LogP contribution is 2.18. The average molecular weight is 339 g/mol. The lowest BCUT2D eigenvalue weighted by molar-refractivity contribution is -0.123. The molecule has 1 aromatic carbocycles. The molecule has 3 aromatic rings. The number of benzene rings is 1. The van der Waals surface area contributed by atoms with Crippen LogP contribution in [0.15, 0.2) is 48.8 Å². The second kappa shape index (κ2) is 7.70. The zero-order valence-corrected chi connectivity index (χ0v) is 14.4. The fourth-order valence-electron chi connectivity index (χ4n) is 2.70. The van der Waals surface area contributed by atoms with Gasteiger partial charge in [0.25, 0.3) is 5.91 Å². The third-order valence-corrected chi connectivity index (χ3v) is 3.96. The Labute approximate surface area is 146 Å². The fraction of sp³-hybridized carbons (Fsp3) is 0.263. The number of ether oxygens (including phenoxy) is 2. The van der Waals surface area contributed by atoms with Crippen LogP contribution >= 0.6 is 0 Å². The number of aromatic nitrogens is 2. The molecule has 1 amide bonds. The van der Waals surface area contributed by atoms with Crippen LogP contribution in [0.3, 0.4) is 0 Å². The number of fused-ring (bicyclic) bond motifs is 1. The third kappa shape index (κ3) is 4.09. The molecule has 0 fully saturated rings. The standard InChI is InChI=1S/C19H21N3O3/c1-22-12-14(17-4-3-10-21-19(17)22)9-11-20-18(23)13-25-16-7-5-15(24-2)6-8-16/h3-8,10,12H,9,11,13H2,1-2H3,(H,20,23). The fourth-order valence-corrected chi connectivity index (χ4v) is 2.70. The average Bonchev–Trinajstić information content (AvgIpc) is 2.97. The molecule has 2 aromatic heterocycles. The Morgan fingerprint density at radius 1 is 1.20 bits per heavy atom. The van der Waals surface area contributed by atoms with Crippen molar-refractivity contribution in [3.05, 3.63) is 54.4 Å². The summed E-state index contributed by atoms with van der Waals surface area (Å²) in [6, 6.07) is 11.1. The number of nitrogens with one attached hydrogen (secondary N) is 1. The Hall–Kier alpha value is -3.02. The number of pyridine rings is 1. The molecule has 0 aliphatic rings. The smallest absolute Gasteiger partial charge is 0.257 e. The van der Waals surface area contributed by atoms with Gasteiger partial charge in [-0.25, -0.2) is 4.98 Å². The number of hydrogen-bond acceptors (Lipinski definition) is 4. The maximum Gasteiger partial charge on any atom is 0.257 e. The van der Waals surface area contributed by atoms with Gasteiger partial charge in [0.1, 0.15) is 17.1 Å². The van der Waals surface area contributed by atoms with Gasteiger partial charge in [-0.05, 0) is 48.4 Å². The lowest BCUT2D eigenvalue weighted by atomic mass is 10.1. The number of nitrogens with zero attached hydrogens (tertiary/aromatic N) is 2. The Morgan fingerprint density at radius 3 is 2.72 bits per heavy atom. The lowest BCUT2D eigenvalue weighted by Gasteiger charge is -2.08. The van der Waals surface area contributed by atoms with Gasteiger partial charge in [-0.1, -0.05) is 0 Å². The zero-order chi connectivity index (χ0) is 17.6. The molecule has 0 radical (unpaired) electrons. The van der Waals surface area contributed by atoms with Crippen LogP contribution in [0.5, 0.6) is 11.5 Å². The molecule has 0 saturated carbocycles. The first kappa shape index (κ1) is 16.8. The van der Waals surface area contributed by atoms with E-state index in [9.17, 15) is 4.79 Å². The van der Waals surface area contributed by atoms with E-state index >= 15 is 0 Å². The minimum atomic E-state index is -0.144. The number of amides is 1. The van der Waals surface area contributed by atoms with Crippen molar-refractivity contribution in [1.82, 2.24) is 14.9 Å². The maximum absolute atomic E-state index is 11.9. The highest BCUT2D eigenvalue weighted by molar-refractivity contribution is 5.80. The molecule has 2 heterocycles. The van der Waals surface area contributed by atoms with Crippen LogP contribution in [0.2, 0.25) is 0 Å². The first-order chi connectivity index (χ1) is 12.2. The molecule has 0 unspecified atom stereocenters. The van der Waals surface area contributed by atoms with E-state index in [1.807, 2.05) is 23.7 Å². The summed E-state index contributed by atoms with van der Waals surface area (Å²) >= 11 is 0. The number of aryl methyl sites for hydroxylation is 1. The molecular formula is C19H21N3O3. The molecule has 0 saturated heterocycles. The molecule has 6 heteroatoms. The van der Waals surface area contributed by atoms with Crippen molar-refractivity contribution in [2.24, 2.45) is 7.05 Å². The van der Waals surface area contributed by atoms with Crippen LogP contribution in [-0.2, 0) is 18.3 Å². The van der Waals surface area contributed by atoms with Crippen LogP contribution in [0, 0.1) is 0 Å². The number of methoxy groups -OCH3 is 1. The molecule has 25 heavy (non-hydrogen) atoms. The summed E-state index contributed by atoms with van der Waals surface area (Å²) < 4.78 is 12.5. The zero-order valence-electron chi connectivity index (χ0n) is 14.4. The summed E-state index contributed by atoms with van der Waals surface area (Å²) in [5.41, 5.74) is 2.12. The van der Waals surface area contributed by atoms with E-state index < -0.39 is 0 Å². The predicted octanol–water partition coefficient (Wildman–Crippen LogP) is 2.32. The van der Waals surface area contributed by atoms with Gasteiger partial charge in [0, 0.05) is 31.4 Å². The summed E-state index contributed by atoms with van der Waals surface area (Å²) in [5, 5.41) is 4.00. The van der Waals surface area contributed by atoms with E-state index in [4.69, 9.17) is 9.47 Å². The quantitative estimate of drug-likeness (QED) is 0.717. The van der Waals surface area contributed by atoms with E-state index in [0.717, 1.165) is 23.2 Å². The van der Waals surface area contributed by atoms with Crippen LogP contribution in [0.1, 0.15) is 5.56 Å². The molecule has 0 aliphatic heterocycles. The topological polar surface area (TPSA) is 65.4 Å². The molecular weight excluding hydrogens is 318 g/mol. The Kier molecular flexibility index (Phi) is 5.18. The molecule has 1 N–H and O–H groups in total. The maximum atomic E-state index is 11.9. The highest BCUT2D eigenvalue weighted by atomic mass is 16.5. The Balaban J connectivity index is 1.47. The van der Waals surface area contributed by atoms with Crippen LogP contribution in [0.4, 0.5) is 0 Å². The first-order valence-corrected chi connectivity index (χ1v) is 8.10.